The molecule has 3 nitrogen and oxygen atoms in total. The molecule has 0 bridgehead atoms. The first-order valence-electron chi connectivity index (χ1n) is 6.69. The number of carbonyl (C=O) groups is 1. The van der Waals surface area contributed by atoms with Crippen LogP contribution in [0.5, 0.6) is 0 Å². The lowest BCUT2D eigenvalue weighted by molar-refractivity contribution is -0.137. The van der Waals surface area contributed by atoms with E-state index in [4.69, 9.17) is 5.11 Å². The van der Waals surface area contributed by atoms with Crippen molar-refractivity contribution in [2.75, 3.05) is 18.0 Å². The summed E-state index contributed by atoms with van der Waals surface area (Å²) < 4.78 is 38.6. The fraction of sp³-hybridized carbons (Fsp3) is 0.533. The van der Waals surface area contributed by atoms with E-state index in [1.165, 1.54) is 6.07 Å². The van der Waals surface area contributed by atoms with Crippen molar-refractivity contribution in [2.45, 2.75) is 26.9 Å². The van der Waals surface area contributed by atoms with Gasteiger partial charge in [0.2, 0.25) is 0 Å². The lowest BCUT2D eigenvalue weighted by atomic mass is 9.76. The minimum absolute atomic E-state index is 0.0910. The molecule has 1 aliphatic heterocycles. The number of anilines is 1. The van der Waals surface area contributed by atoms with Crippen LogP contribution in [0.4, 0.5) is 18.9 Å². The fourth-order valence-corrected chi connectivity index (χ4v) is 2.32. The molecule has 0 spiro atoms. The second-order valence-electron chi connectivity index (χ2n) is 6.54. The van der Waals surface area contributed by atoms with E-state index in [2.05, 4.69) is 20.8 Å². The van der Waals surface area contributed by atoms with Gasteiger partial charge < -0.3 is 10.0 Å². The Morgan fingerprint density at radius 1 is 1.19 bits per heavy atom. The van der Waals surface area contributed by atoms with Crippen LogP contribution in [0.2, 0.25) is 0 Å². The van der Waals surface area contributed by atoms with E-state index in [0.717, 1.165) is 6.07 Å². The van der Waals surface area contributed by atoms with Crippen LogP contribution >= 0.6 is 0 Å². The van der Waals surface area contributed by atoms with Gasteiger partial charge in [0.1, 0.15) is 0 Å². The smallest absolute Gasteiger partial charge is 0.416 e. The molecule has 0 atom stereocenters. The van der Waals surface area contributed by atoms with Crippen LogP contribution in [-0.2, 0) is 6.18 Å². The summed E-state index contributed by atoms with van der Waals surface area (Å²) in [5.41, 5.74) is -0.841. The van der Waals surface area contributed by atoms with Crippen LogP contribution in [0, 0.1) is 11.3 Å². The van der Waals surface area contributed by atoms with Gasteiger partial charge in [0, 0.05) is 18.8 Å². The molecule has 0 unspecified atom stereocenters. The van der Waals surface area contributed by atoms with Crippen molar-refractivity contribution in [1.29, 1.82) is 0 Å². The van der Waals surface area contributed by atoms with Gasteiger partial charge in [-0.3, -0.25) is 0 Å². The summed E-state index contributed by atoms with van der Waals surface area (Å²) in [6.45, 7) is 7.55. The zero-order valence-electron chi connectivity index (χ0n) is 12.2. The molecule has 1 heterocycles. The molecular weight excluding hydrogens is 283 g/mol. The van der Waals surface area contributed by atoms with Crippen molar-refractivity contribution in [2.24, 2.45) is 11.3 Å². The molecule has 0 aliphatic carbocycles. The van der Waals surface area contributed by atoms with Gasteiger partial charge in [-0.2, -0.15) is 13.2 Å². The summed E-state index contributed by atoms with van der Waals surface area (Å²) in [4.78, 5) is 12.8. The maximum atomic E-state index is 12.9. The van der Waals surface area contributed by atoms with E-state index in [1.54, 1.807) is 4.90 Å². The van der Waals surface area contributed by atoms with Crippen LogP contribution in [0.25, 0.3) is 0 Å². The van der Waals surface area contributed by atoms with Gasteiger partial charge in [-0.15, -0.1) is 0 Å². The molecule has 1 saturated heterocycles. The maximum absolute atomic E-state index is 12.9. The van der Waals surface area contributed by atoms with Gasteiger partial charge in [0.25, 0.3) is 0 Å². The third-order valence-electron chi connectivity index (χ3n) is 3.96. The maximum Gasteiger partial charge on any atom is 0.416 e. The summed E-state index contributed by atoms with van der Waals surface area (Å²) in [5.74, 6) is -0.962. The summed E-state index contributed by atoms with van der Waals surface area (Å²) in [5, 5.41) is 8.97. The van der Waals surface area contributed by atoms with Crippen LogP contribution in [0.3, 0.4) is 0 Å². The lowest BCUT2D eigenvalue weighted by Gasteiger charge is -2.47. The average Bonchev–Trinajstić information content (AvgIpc) is 2.23. The second-order valence-corrected chi connectivity index (χ2v) is 6.54. The monoisotopic (exact) mass is 301 g/mol. The Balaban J connectivity index is 2.29. The van der Waals surface area contributed by atoms with E-state index < -0.39 is 17.7 Å². The summed E-state index contributed by atoms with van der Waals surface area (Å²) >= 11 is 0. The highest BCUT2D eigenvalue weighted by Gasteiger charge is 2.37. The average molecular weight is 301 g/mol. The number of hydrogen-bond acceptors (Lipinski definition) is 2. The van der Waals surface area contributed by atoms with Crippen LogP contribution in [-0.4, -0.2) is 24.2 Å². The Kier molecular flexibility index (Phi) is 3.68. The number of nitrogens with zero attached hydrogens (tertiary/aromatic N) is 1. The molecule has 6 heteroatoms. The zero-order chi connectivity index (χ0) is 16.0. The second kappa shape index (κ2) is 4.93. The molecule has 1 aliphatic rings. The van der Waals surface area contributed by atoms with Gasteiger partial charge in [-0.1, -0.05) is 20.8 Å². The van der Waals surface area contributed by atoms with Crippen molar-refractivity contribution in [3.63, 3.8) is 0 Å². The first-order valence-corrected chi connectivity index (χ1v) is 6.69. The number of carboxylic acids is 1. The molecule has 1 fully saturated rings. The molecular formula is C15H18F3NO2. The van der Waals surface area contributed by atoms with Gasteiger partial charge in [-0.25, -0.2) is 4.79 Å². The van der Waals surface area contributed by atoms with Crippen molar-refractivity contribution in [3.05, 3.63) is 29.3 Å². The number of alkyl halides is 3. The molecule has 0 radical (unpaired) electrons. The van der Waals surface area contributed by atoms with Crippen LogP contribution < -0.4 is 4.90 Å². The van der Waals surface area contributed by atoms with Gasteiger partial charge >= 0.3 is 12.1 Å². The van der Waals surface area contributed by atoms with E-state index in [9.17, 15) is 18.0 Å². The van der Waals surface area contributed by atoms with Gasteiger partial charge in [0.15, 0.2) is 0 Å². The largest absolute Gasteiger partial charge is 0.478 e. The number of hydrogen-bond donors (Lipinski definition) is 1. The Morgan fingerprint density at radius 2 is 1.76 bits per heavy atom. The third kappa shape index (κ3) is 3.31. The van der Waals surface area contributed by atoms with Crippen molar-refractivity contribution < 1.29 is 23.1 Å². The Bertz CT molecular complexity index is 555. The lowest BCUT2D eigenvalue weighted by Crippen LogP contribution is -2.52. The molecule has 21 heavy (non-hydrogen) atoms. The molecule has 0 aromatic heterocycles. The number of rotatable bonds is 2. The SMILES string of the molecule is CC(C)(C)C1CN(c2cc(C(=O)O)cc(C(F)(F)F)c2)C1. The molecule has 1 aromatic rings. The first kappa shape index (κ1) is 15.7. The van der Waals surface area contributed by atoms with Crippen molar-refractivity contribution in [1.82, 2.24) is 0 Å². The minimum Gasteiger partial charge on any atom is -0.478 e. The standard InChI is InChI=1S/C15H18F3NO2/c1-14(2,3)11-7-19(8-11)12-5-9(13(20)21)4-10(6-12)15(16,17)18/h4-6,11H,7-8H2,1-3H3,(H,20,21). The summed E-state index contributed by atoms with van der Waals surface area (Å²) in [6.07, 6.45) is -4.55. The molecule has 116 valence electrons. The predicted molar refractivity (Wildman–Crippen MR) is 73.6 cm³/mol. The fourth-order valence-electron chi connectivity index (χ4n) is 2.32. The molecule has 0 amide bonds. The Labute approximate surface area is 121 Å². The molecule has 0 saturated carbocycles. The number of carboxylic acid groups (broad SMARTS) is 1. The highest BCUT2D eigenvalue weighted by Crippen LogP contribution is 2.39. The molecule has 1 aromatic carbocycles. The normalized spacial score (nSPS) is 16.8. The topological polar surface area (TPSA) is 40.5 Å². The number of benzene rings is 1. The highest BCUT2D eigenvalue weighted by atomic mass is 19.4. The van der Waals surface area contributed by atoms with Crippen LogP contribution in [0.1, 0.15) is 36.7 Å². The number of halogens is 3. The van der Waals surface area contributed by atoms with Crippen molar-refractivity contribution in [3.8, 4) is 0 Å². The molecule has 2 rings (SSSR count). The van der Waals surface area contributed by atoms with E-state index in [1.807, 2.05) is 0 Å². The van der Waals surface area contributed by atoms with E-state index in [-0.39, 0.29) is 11.0 Å². The summed E-state index contributed by atoms with van der Waals surface area (Å²) in [7, 11) is 0. The Morgan fingerprint density at radius 3 is 2.19 bits per heavy atom. The third-order valence-corrected chi connectivity index (χ3v) is 3.96. The zero-order valence-corrected chi connectivity index (χ0v) is 12.2. The van der Waals surface area contributed by atoms with Gasteiger partial charge in [0.05, 0.1) is 11.1 Å². The highest BCUT2D eigenvalue weighted by molar-refractivity contribution is 5.89. The van der Waals surface area contributed by atoms with E-state index in [0.29, 0.717) is 30.8 Å². The number of aromatic carboxylic acids is 1. The first-order chi connectivity index (χ1) is 9.48. The Hall–Kier alpha value is -1.72. The van der Waals surface area contributed by atoms with Crippen LogP contribution in [0.15, 0.2) is 18.2 Å². The van der Waals surface area contributed by atoms with Crippen molar-refractivity contribution >= 4 is 11.7 Å². The minimum atomic E-state index is -4.55. The summed E-state index contributed by atoms with van der Waals surface area (Å²) in [6, 6.07) is 2.99. The van der Waals surface area contributed by atoms with E-state index >= 15 is 0 Å². The quantitative estimate of drug-likeness (QED) is 0.901. The van der Waals surface area contributed by atoms with Gasteiger partial charge in [-0.05, 0) is 29.5 Å². The molecule has 1 N–H and O–H groups in total. The predicted octanol–water partition coefficient (Wildman–Crippen LogP) is 3.89.